The molecule has 0 spiro atoms. The van der Waals surface area contributed by atoms with Crippen molar-refractivity contribution in [2.24, 2.45) is 11.7 Å². The molecule has 4 rings (SSSR count). The molecule has 2 aromatic carbocycles. The Balaban J connectivity index is 1.43. The molecule has 0 bridgehead atoms. The normalized spacial score (nSPS) is 17.4. The van der Waals surface area contributed by atoms with Gasteiger partial charge in [0.1, 0.15) is 18.2 Å². The average molecular weight is 459 g/mol. The summed E-state index contributed by atoms with van der Waals surface area (Å²) in [4.78, 5) is 29.9. The van der Waals surface area contributed by atoms with Gasteiger partial charge in [0.2, 0.25) is 0 Å². The summed E-state index contributed by atoms with van der Waals surface area (Å²) < 4.78 is 6.00. The summed E-state index contributed by atoms with van der Waals surface area (Å²) in [6.07, 6.45) is 3.73. The summed E-state index contributed by atoms with van der Waals surface area (Å²) in [5.41, 5.74) is 8.71. The molecule has 0 radical (unpaired) electrons. The van der Waals surface area contributed by atoms with E-state index in [9.17, 15) is 14.7 Å². The lowest BCUT2D eigenvalue weighted by Crippen LogP contribution is -2.39. The number of pyridine rings is 1. The first-order valence-corrected chi connectivity index (χ1v) is 11.0. The summed E-state index contributed by atoms with van der Waals surface area (Å²) in [5, 5.41) is 16.7. The number of aliphatic carboxylic acids is 1. The third-order valence-electron chi connectivity index (χ3n) is 5.98. The van der Waals surface area contributed by atoms with E-state index in [2.05, 4.69) is 4.98 Å². The first-order valence-electron chi connectivity index (χ1n) is 11.0. The standard InChI is InChI=1S/C26H26N4O4/c27-25(28)20-3-1-18(2-4-20)19-5-7-23(8-6-19)34-16-22-13-17(14-24(31)32)15-30(22)26(33)21-9-11-29-12-10-21/h1-12,17,22H,13-16H2,(H3,27,28)(H,31,32)/t17-,22-/m0/s1. The first-order chi connectivity index (χ1) is 16.4. The van der Waals surface area contributed by atoms with Crippen molar-refractivity contribution in [3.8, 4) is 16.9 Å². The predicted molar refractivity (Wildman–Crippen MR) is 128 cm³/mol. The van der Waals surface area contributed by atoms with E-state index < -0.39 is 5.97 Å². The van der Waals surface area contributed by atoms with Crippen LogP contribution < -0.4 is 10.5 Å². The summed E-state index contributed by atoms with van der Waals surface area (Å²) in [7, 11) is 0. The Morgan fingerprint density at radius 2 is 1.62 bits per heavy atom. The van der Waals surface area contributed by atoms with E-state index in [1.54, 1.807) is 29.4 Å². The lowest BCUT2D eigenvalue weighted by molar-refractivity contribution is -0.138. The minimum atomic E-state index is -0.866. The number of aromatic nitrogens is 1. The van der Waals surface area contributed by atoms with E-state index >= 15 is 0 Å². The number of nitrogens with one attached hydrogen (secondary N) is 1. The van der Waals surface area contributed by atoms with Crippen LogP contribution in [0.2, 0.25) is 0 Å². The van der Waals surface area contributed by atoms with E-state index in [0.717, 1.165) is 11.1 Å². The zero-order chi connectivity index (χ0) is 24.1. The number of ether oxygens (including phenoxy) is 1. The number of amidine groups is 1. The number of carboxylic acids is 1. The fourth-order valence-electron chi connectivity index (χ4n) is 4.25. The molecule has 0 unspecified atom stereocenters. The number of likely N-dealkylation sites (tertiary alicyclic amines) is 1. The van der Waals surface area contributed by atoms with Crippen LogP contribution in [0.5, 0.6) is 5.75 Å². The van der Waals surface area contributed by atoms with Crippen molar-refractivity contribution in [2.75, 3.05) is 13.2 Å². The molecular weight excluding hydrogens is 432 g/mol. The maximum atomic E-state index is 13.0. The predicted octanol–water partition coefficient (Wildman–Crippen LogP) is 3.42. The van der Waals surface area contributed by atoms with Gasteiger partial charge in [-0.1, -0.05) is 36.4 Å². The van der Waals surface area contributed by atoms with E-state index in [4.69, 9.17) is 15.9 Å². The Morgan fingerprint density at radius 3 is 2.21 bits per heavy atom. The number of amides is 1. The van der Waals surface area contributed by atoms with Crippen LogP contribution in [0.4, 0.5) is 0 Å². The molecule has 174 valence electrons. The molecule has 0 aliphatic carbocycles. The van der Waals surface area contributed by atoms with Gasteiger partial charge in [-0.15, -0.1) is 0 Å². The van der Waals surface area contributed by atoms with Gasteiger partial charge in [0.15, 0.2) is 0 Å². The Hall–Kier alpha value is -4.20. The Morgan fingerprint density at radius 1 is 1.00 bits per heavy atom. The Labute approximate surface area is 197 Å². The molecule has 4 N–H and O–H groups in total. The molecule has 8 nitrogen and oxygen atoms in total. The van der Waals surface area contributed by atoms with Gasteiger partial charge in [-0.2, -0.15) is 0 Å². The topological polar surface area (TPSA) is 130 Å². The molecule has 2 heterocycles. The third-order valence-corrected chi connectivity index (χ3v) is 5.98. The van der Waals surface area contributed by atoms with Gasteiger partial charge in [-0.05, 0) is 47.7 Å². The monoisotopic (exact) mass is 458 g/mol. The number of hydrogen-bond acceptors (Lipinski definition) is 5. The Bertz CT molecular complexity index is 1160. The van der Waals surface area contributed by atoms with Crippen LogP contribution in [0, 0.1) is 11.3 Å². The fraction of sp³-hybridized carbons (Fsp3) is 0.231. The summed E-state index contributed by atoms with van der Waals surface area (Å²) in [5.74, 6) is -0.424. The molecule has 2 atom stereocenters. The van der Waals surface area contributed by atoms with Crippen LogP contribution in [0.25, 0.3) is 11.1 Å². The largest absolute Gasteiger partial charge is 0.491 e. The third kappa shape index (κ3) is 5.40. The average Bonchev–Trinajstić information content (AvgIpc) is 3.25. The van der Waals surface area contributed by atoms with E-state index in [-0.39, 0.29) is 36.7 Å². The molecule has 1 saturated heterocycles. The zero-order valence-electron chi connectivity index (χ0n) is 18.6. The minimum Gasteiger partial charge on any atom is -0.491 e. The summed E-state index contributed by atoms with van der Waals surface area (Å²) in [6.45, 7) is 0.663. The summed E-state index contributed by atoms with van der Waals surface area (Å²) >= 11 is 0. The maximum absolute atomic E-state index is 13.0. The lowest BCUT2D eigenvalue weighted by atomic mass is 10.0. The molecule has 1 aliphatic heterocycles. The van der Waals surface area contributed by atoms with Crippen LogP contribution in [-0.2, 0) is 4.79 Å². The number of carboxylic acid groups (broad SMARTS) is 1. The van der Waals surface area contributed by atoms with Crippen LogP contribution in [0.15, 0.2) is 73.1 Å². The highest BCUT2D eigenvalue weighted by Gasteiger charge is 2.37. The summed E-state index contributed by atoms with van der Waals surface area (Å²) in [6, 6.07) is 18.2. The number of carbonyl (C=O) groups excluding carboxylic acids is 1. The van der Waals surface area contributed by atoms with E-state index in [0.29, 0.717) is 29.8 Å². The molecular formula is C26H26N4O4. The fourth-order valence-corrected chi connectivity index (χ4v) is 4.25. The highest BCUT2D eigenvalue weighted by Crippen LogP contribution is 2.29. The SMILES string of the molecule is N=C(N)c1ccc(-c2ccc(OC[C@@H]3C[C@@H](CC(=O)O)CN3C(=O)c3ccncc3)cc2)cc1. The Kier molecular flexibility index (Phi) is 6.87. The van der Waals surface area contributed by atoms with Crippen molar-refractivity contribution < 1.29 is 19.4 Å². The molecule has 1 fully saturated rings. The number of benzene rings is 2. The smallest absolute Gasteiger partial charge is 0.303 e. The molecule has 1 aliphatic rings. The van der Waals surface area contributed by atoms with Crippen molar-refractivity contribution in [2.45, 2.75) is 18.9 Å². The highest BCUT2D eigenvalue weighted by molar-refractivity contribution is 5.95. The van der Waals surface area contributed by atoms with E-state index in [1.807, 2.05) is 48.5 Å². The van der Waals surface area contributed by atoms with Gasteiger partial charge < -0.3 is 20.5 Å². The van der Waals surface area contributed by atoms with Gasteiger partial charge in [0.05, 0.1) is 6.04 Å². The number of nitrogens with zero attached hydrogens (tertiary/aromatic N) is 2. The van der Waals surface area contributed by atoms with Gasteiger partial charge in [0.25, 0.3) is 5.91 Å². The second-order valence-electron chi connectivity index (χ2n) is 8.37. The van der Waals surface area contributed by atoms with Crippen molar-refractivity contribution in [3.63, 3.8) is 0 Å². The maximum Gasteiger partial charge on any atom is 0.303 e. The number of hydrogen-bond donors (Lipinski definition) is 3. The molecule has 0 saturated carbocycles. The molecule has 1 amide bonds. The van der Waals surface area contributed by atoms with Crippen LogP contribution in [0.1, 0.15) is 28.8 Å². The van der Waals surface area contributed by atoms with Gasteiger partial charge >= 0.3 is 5.97 Å². The lowest BCUT2D eigenvalue weighted by Gasteiger charge is -2.25. The molecule has 3 aromatic rings. The van der Waals surface area contributed by atoms with Crippen molar-refractivity contribution in [1.29, 1.82) is 5.41 Å². The van der Waals surface area contributed by atoms with Crippen molar-refractivity contribution >= 4 is 17.7 Å². The number of carbonyl (C=O) groups is 2. The second-order valence-corrected chi connectivity index (χ2v) is 8.37. The van der Waals surface area contributed by atoms with Gasteiger partial charge in [-0.3, -0.25) is 20.0 Å². The zero-order valence-corrected chi connectivity index (χ0v) is 18.6. The molecule has 1 aromatic heterocycles. The quantitative estimate of drug-likeness (QED) is 0.350. The van der Waals surface area contributed by atoms with Crippen molar-refractivity contribution in [1.82, 2.24) is 9.88 Å². The van der Waals surface area contributed by atoms with Crippen LogP contribution >= 0.6 is 0 Å². The highest BCUT2D eigenvalue weighted by atomic mass is 16.5. The first kappa shape index (κ1) is 23.0. The van der Waals surface area contributed by atoms with Gasteiger partial charge in [-0.25, -0.2) is 0 Å². The minimum absolute atomic E-state index is 0.0216. The molecule has 8 heteroatoms. The van der Waals surface area contributed by atoms with Crippen LogP contribution in [0.3, 0.4) is 0 Å². The van der Waals surface area contributed by atoms with E-state index in [1.165, 1.54) is 0 Å². The van der Waals surface area contributed by atoms with Crippen LogP contribution in [-0.4, -0.2) is 51.9 Å². The number of nitrogens with two attached hydrogens (primary N) is 1. The van der Waals surface area contributed by atoms with Crippen molar-refractivity contribution in [3.05, 3.63) is 84.2 Å². The second kappa shape index (κ2) is 10.2. The number of nitrogen functional groups attached to an aromatic ring is 1. The van der Waals surface area contributed by atoms with Gasteiger partial charge in [0, 0.05) is 36.5 Å². The molecule has 34 heavy (non-hydrogen) atoms. The number of rotatable bonds is 8.